The van der Waals surface area contributed by atoms with Gasteiger partial charge in [-0.3, -0.25) is 0 Å². The summed E-state index contributed by atoms with van der Waals surface area (Å²) < 4.78 is 14.3. The largest absolute Gasteiger partial charge is 0.206 e. The van der Waals surface area contributed by atoms with Crippen molar-refractivity contribution in [2.24, 2.45) is 0 Å². The van der Waals surface area contributed by atoms with Crippen molar-refractivity contribution < 1.29 is 4.39 Å². The van der Waals surface area contributed by atoms with Crippen LogP contribution in [-0.4, -0.2) is 0 Å². The van der Waals surface area contributed by atoms with E-state index in [-0.39, 0.29) is 5.82 Å². The molecule has 2 aromatic carbocycles. The monoisotopic (exact) mass is 240 g/mol. The number of rotatable bonds is 2. The second-order valence-electron chi connectivity index (χ2n) is 4.46. The van der Waals surface area contributed by atoms with E-state index in [0.717, 1.165) is 16.7 Å². The number of hydrogen-bond donors (Lipinski definition) is 0. The van der Waals surface area contributed by atoms with Gasteiger partial charge in [-0.05, 0) is 43.0 Å². The molecule has 2 aromatic rings. The van der Waals surface area contributed by atoms with Gasteiger partial charge in [0.05, 0.1) is 0 Å². The third-order valence-electron chi connectivity index (χ3n) is 3.17. The number of allylic oxidation sites excluding steroid dienone is 1. The van der Waals surface area contributed by atoms with E-state index in [1.807, 2.05) is 63.3 Å². The summed E-state index contributed by atoms with van der Waals surface area (Å²) >= 11 is 0. The average Bonchev–Trinajstić information content (AvgIpc) is 2.40. The van der Waals surface area contributed by atoms with Crippen molar-refractivity contribution in [1.82, 2.24) is 0 Å². The van der Waals surface area contributed by atoms with Crippen LogP contribution in [0.15, 0.2) is 42.5 Å². The molecule has 0 saturated heterocycles. The summed E-state index contributed by atoms with van der Waals surface area (Å²) in [6.45, 7) is 5.69. The molecule has 0 saturated carbocycles. The molecule has 0 fully saturated rings. The first-order valence-corrected chi connectivity index (χ1v) is 6.13. The molecule has 92 valence electrons. The topological polar surface area (TPSA) is 0 Å². The highest BCUT2D eigenvalue weighted by atomic mass is 19.1. The number of aryl methyl sites for hydroxylation is 1. The van der Waals surface area contributed by atoms with Gasteiger partial charge in [0, 0.05) is 5.56 Å². The lowest BCUT2D eigenvalue weighted by atomic mass is 9.94. The molecule has 0 heterocycles. The second-order valence-corrected chi connectivity index (χ2v) is 4.46. The van der Waals surface area contributed by atoms with Gasteiger partial charge in [-0.1, -0.05) is 48.6 Å². The molecular formula is C17H17F. The molecule has 0 radical (unpaired) electrons. The Labute approximate surface area is 108 Å². The predicted molar refractivity (Wildman–Crippen MR) is 76.0 cm³/mol. The van der Waals surface area contributed by atoms with E-state index >= 15 is 0 Å². The molecule has 0 aliphatic rings. The summed E-state index contributed by atoms with van der Waals surface area (Å²) in [5, 5.41) is 0. The van der Waals surface area contributed by atoms with Crippen LogP contribution in [0.25, 0.3) is 17.2 Å². The fraction of sp³-hybridized carbons (Fsp3) is 0.176. The van der Waals surface area contributed by atoms with E-state index in [9.17, 15) is 4.39 Å². The van der Waals surface area contributed by atoms with Crippen LogP contribution in [0.1, 0.15) is 23.6 Å². The van der Waals surface area contributed by atoms with Gasteiger partial charge in [-0.25, -0.2) is 4.39 Å². The number of halogens is 1. The maximum Gasteiger partial charge on any atom is 0.134 e. The van der Waals surface area contributed by atoms with Gasteiger partial charge in [0.15, 0.2) is 0 Å². The third kappa shape index (κ3) is 2.21. The van der Waals surface area contributed by atoms with Crippen LogP contribution in [0, 0.1) is 19.7 Å². The van der Waals surface area contributed by atoms with E-state index in [4.69, 9.17) is 0 Å². The van der Waals surface area contributed by atoms with E-state index in [1.165, 1.54) is 0 Å². The summed E-state index contributed by atoms with van der Waals surface area (Å²) in [7, 11) is 0. The van der Waals surface area contributed by atoms with Crippen molar-refractivity contribution in [2.45, 2.75) is 20.8 Å². The van der Waals surface area contributed by atoms with Crippen molar-refractivity contribution in [3.8, 4) is 11.1 Å². The molecule has 0 unspecified atom stereocenters. The van der Waals surface area contributed by atoms with Crippen LogP contribution >= 0.6 is 0 Å². The fourth-order valence-electron chi connectivity index (χ4n) is 2.18. The molecule has 2 rings (SSSR count). The maximum absolute atomic E-state index is 14.3. The molecule has 0 aliphatic heterocycles. The molecule has 0 spiro atoms. The third-order valence-corrected chi connectivity index (χ3v) is 3.17. The van der Waals surface area contributed by atoms with Crippen LogP contribution < -0.4 is 0 Å². The number of hydrogen-bond acceptors (Lipinski definition) is 0. The summed E-state index contributed by atoms with van der Waals surface area (Å²) in [5.41, 5.74) is 4.40. The van der Waals surface area contributed by atoms with Crippen LogP contribution in [0.5, 0.6) is 0 Å². The van der Waals surface area contributed by atoms with Gasteiger partial charge in [0.1, 0.15) is 5.82 Å². The Bertz CT molecular complexity index is 580. The lowest BCUT2D eigenvalue weighted by molar-refractivity contribution is 0.615. The van der Waals surface area contributed by atoms with Crippen molar-refractivity contribution >= 4 is 6.08 Å². The molecular weight excluding hydrogens is 223 g/mol. The molecule has 0 aliphatic carbocycles. The van der Waals surface area contributed by atoms with Crippen LogP contribution in [0.4, 0.5) is 4.39 Å². The lowest BCUT2D eigenvalue weighted by Crippen LogP contribution is -1.95. The first-order valence-electron chi connectivity index (χ1n) is 6.13. The highest BCUT2D eigenvalue weighted by molar-refractivity contribution is 5.71. The highest BCUT2D eigenvalue weighted by Crippen LogP contribution is 2.30. The average molecular weight is 240 g/mol. The minimum absolute atomic E-state index is 0.119. The normalized spacial score (nSPS) is 11.1. The summed E-state index contributed by atoms with van der Waals surface area (Å²) in [4.78, 5) is 0. The van der Waals surface area contributed by atoms with Crippen LogP contribution in [0.3, 0.4) is 0 Å². The number of benzene rings is 2. The van der Waals surface area contributed by atoms with Gasteiger partial charge < -0.3 is 0 Å². The molecule has 0 atom stereocenters. The Kier molecular flexibility index (Phi) is 3.61. The van der Waals surface area contributed by atoms with E-state index in [2.05, 4.69) is 6.07 Å². The minimum Gasteiger partial charge on any atom is -0.206 e. The first kappa shape index (κ1) is 12.6. The van der Waals surface area contributed by atoms with Gasteiger partial charge >= 0.3 is 0 Å². The molecule has 18 heavy (non-hydrogen) atoms. The van der Waals surface area contributed by atoms with E-state index < -0.39 is 0 Å². The predicted octanol–water partition coefficient (Wildman–Crippen LogP) is 5.14. The Balaban J connectivity index is 2.66. The Morgan fingerprint density at radius 2 is 1.72 bits per heavy atom. The van der Waals surface area contributed by atoms with Crippen molar-refractivity contribution in [3.63, 3.8) is 0 Å². The Morgan fingerprint density at radius 3 is 2.33 bits per heavy atom. The zero-order valence-corrected chi connectivity index (χ0v) is 11.0. The van der Waals surface area contributed by atoms with Crippen molar-refractivity contribution in [1.29, 1.82) is 0 Å². The smallest absolute Gasteiger partial charge is 0.134 e. The lowest BCUT2D eigenvalue weighted by Gasteiger charge is -2.12. The van der Waals surface area contributed by atoms with Gasteiger partial charge in [0.2, 0.25) is 0 Å². The highest BCUT2D eigenvalue weighted by Gasteiger charge is 2.12. The van der Waals surface area contributed by atoms with Gasteiger partial charge in [-0.2, -0.15) is 0 Å². The SMILES string of the molecule is CC=Cc1c(C)cc(-c2ccccc2)c(C)c1F. The molecule has 0 N–H and O–H groups in total. The minimum atomic E-state index is -0.119. The summed E-state index contributed by atoms with van der Waals surface area (Å²) in [6, 6.07) is 12.0. The van der Waals surface area contributed by atoms with Crippen molar-refractivity contribution in [3.05, 3.63) is 65.0 Å². The Morgan fingerprint density at radius 1 is 1.06 bits per heavy atom. The fourth-order valence-corrected chi connectivity index (χ4v) is 2.18. The quantitative estimate of drug-likeness (QED) is 0.681. The maximum atomic E-state index is 14.3. The van der Waals surface area contributed by atoms with E-state index in [0.29, 0.717) is 11.1 Å². The summed E-state index contributed by atoms with van der Waals surface area (Å²) in [5.74, 6) is -0.119. The summed E-state index contributed by atoms with van der Waals surface area (Å²) in [6.07, 6.45) is 3.69. The molecule has 1 heteroatoms. The van der Waals surface area contributed by atoms with Gasteiger partial charge in [0.25, 0.3) is 0 Å². The first-order chi connectivity index (χ1) is 8.65. The van der Waals surface area contributed by atoms with Crippen LogP contribution in [0.2, 0.25) is 0 Å². The molecule has 0 nitrogen and oxygen atoms in total. The van der Waals surface area contributed by atoms with Crippen molar-refractivity contribution in [2.75, 3.05) is 0 Å². The zero-order chi connectivity index (χ0) is 13.1. The molecule has 0 bridgehead atoms. The standard InChI is InChI=1S/C17H17F/c1-4-8-15-12(2)11-16(13(3)17(15)18)14-9-6-5-7-10-14/h4-11H,1-3H3. The second kappa shape index (κ2) is 5.18. The van der Waals surface area contributed by atoms with Gasteiger partial charge in [-0.15, -0.1) is 0 Å². The zero-order valence-electron chi connectivity index (χ0n) is 11.0. The Hall–Kier alpha value is -1.89. The van der Waals surface area contributed by atoms with E-state index in [1.54, 1.807) is 0 Å². The molecule has 0 amide bonds. The van der Waals surface area contributed by atoms with Crippen LogP contribution in [-0.2, 0) is 0 Å². The molecule has 0 aromatic heterocycles.